The molecule has 0 saturated carbocycles. The maximum absolute atomic E-state index is 11.3. The van der Waals surface area contributed by atoms with Crippen LogP contribution in [-0.4, -0.2) is 42.2 Å². The van der Waals surface area contributed by atoms with Gasteiger partial charge in [-0.15, -0.1) is 11.3 Å². The lowest BCUT2D eigenvalue weighted by atomic mass is 10.0. The summed E-state index contributed by atoms with van der Waals surface area (Å²) in [4.78, 5) is 18.4. The number of hydrogen-bond acceptors (Lipinski definition) is 5. The van der Waals surface area contributed by atoms with Crippen molar-refractivity contribution in [3.63, 3.8) is 0 Å². The van der Waals surface area contributed by atoms with Crippen molar-refractivity contribution in [2.75, 3.05) is 11.5 Å². The SMILES string of the molecule is OC1CCS2(C1)c1ccccc1-c1ccc3c4ccccc4n(-c4cc(-c5nc(-c6ccccc6)nc(-c6ccccc6)n5)c5sc6ccccc6c5c4)c3c12. The number of benzene rings is 7. The van der Waals surface area contributed by atoms with E-state index in [9.17, 15) is 5.11 Å². The fourth-order valence-electron chi connectivity index (χ4n) is 9.30. The lowest BCUT2D eigenvalue weighted by molar-refractivity contribution is 0.202. The van der Waals surface area contributed by atoms with E-state index in [1.807, 2.05) is 36.4 Å². The minimum absolute atomic E-state index is 0.307. The van der Waals surface area contributed by atoms with Crippen molar-refractivity contribution in [2.24, 2.45) is 0 Å². The highest BCUT2D eigenvalue weighted by atomic mass is 32.3. The van der Waals surface area contributed by atoms with E-state index in [-0.39, 0.29) is 6.10 Å². The van der Waals surface area contributed by atoms with Crippen molar-refractivity contribution in [3.05, 3.63) is 158 Å². The Kier molecular flexibility index (Phi) is 7.00. The molecule has 0 bridgehead atoms. The molecule has 10 aromatic rings. The molecule has 5 nitrogen and oxygen atoms in total. The summed E-state index contributed by atoms with van der Waals surface area (Å²) < 4.78 is 4.89. The minimum Gasteiger partial charge on any atom is -0.392 e. The van der Waals surface area contributed by atoms with Crippen LogP contribution in [0.5, 0.6) is 0 Å². The van der Waals surface area contributed by atoms with Gasteiger partial charge in [0.1, 0.15) is 0 Å². The number of aliphatic hydroxyl groups is 1. The third-order valence-corrected chi connectivity index (χ3v) is 17.2. The first kappa shape index (κ1) is 32.2. The quantitative estimate of drug-likeness (QED) is 0.194. The van der Waals surface area contributed by atoms with E-state index >= 15 is 0 Å². The summed E-state index contributed by atoms with van der Waals surface area (Å²) in [6.45, 7) is 0. The number of rotatable bonds is 4. The van der Waals surface area contributed by atoms with E-state index in [0.717, 1.165) is 50.5 Å². The van der Waals surface area contributed by atoms with Crippen LogP contribution in [0.2, 0.25) is 0 Å². The molecule has 1 saturated heterocycles. The summed E-state index contributed by atoms with van der Waals surface area (Å²) in [5, 5.41) is 16.1. The van der Waals surface area contributed by atoms with Crippen LogP contribution in [-0.2, 0) is 0 Å². The van der Waals surface area contributed by atoms with Gasteiger partial charge in [0.15, 0.2) is 17.5 Å². The van der Waals surface area contributed by atoms with Gasteiger partial charge in [-0.2, -0.15) is 10.0 Å². The van der Waals surface area contributed by atoms with Crippen molar-refractivity contribution in [1.29, 1.82) is 0 Å². The first-order valence-electron chi connectivity index (χ1n) is 19.1. The number of thiophene rings is 1. The van der Waals surface area contributed by atoms with E-state index in [2.05, 4.69) is 126 Å². The number of hydrogen-bond donors (Lipinski definition) is 1. The predicted octanol–water partition coefficient (Wildman–Crippen LogP) is 12.3. The van der Waals surface area contributed by atoms with Crippen LogP contribution >= 0.6 is 21.4 Å². The molecule has 2 atom stereocenters. The second-order valence-corrected chi connectivity index (χ2v) is 19.3. The lowest BCUT2D eigenvalue weighted by Crippen LogP contribution is -2.08. The highest BCUT2D eigenvalue weighted by Crippen LogP contribution is 2.75. The molecule has 5 heterocycles. The van der Waals surface area contributed by atoms with Gasteiger partial charge in [0.2, 0.25) is 0 Å². The molecule has 12 rings (SSSR count). The van der Waals surface area contributed by atoms with Crippen molar-refractivity contribution >= 4 is 63.3 Å². The molecule has 7 heteroatoms. The number of nitrogens with zero attached hydrogens (tertiary/aromatic N) is 4. The number of para-hydroxylation sites is 1. The Morgan fingerprint density at radius 3 is 1.98 bits per heavy atom. The Morgan fingerprint density at radius 1 is 0.571 bits per heavy atom. The Morgan fingerprint density at radius 2 is 1.23 bits per heavy atom. The van der Waals surface area contributed by atoms with Crippen molar-refractivity contribution in [3.8, 4) is 51.0 Å². The first-order chi connectivity index (χ1) is 27.6. The van der Waals surface area contributed by atoms with Crippen LogP contribution in [0.15, 0.2) is 168 Å². The number of aromatic nitrogens is 4. The van der Waals surface area contributed by atoms with E-state index in [1.54, 1.807) is 11.3 Å². The zero-order chi connectivity index (χ0) is 37.0. The van der Waals surface area contributed by atoms with Crippen LogP contribution in [0.4, 0.5) is 0 Å². The Hall–Kier alpha value is -6.12. The second kappa shape index (κ2) is 12.2. The molecule has 0 aliphatic carbocycles. The van der Waals surface area contributed by atoms with Crippen LogP contribution in [0.25, 0.3) is 93.0 Å². The van der Waals surface area contributed by atoms with E-state index in [1.165, 1.54) is 52.7 Å². The molecule has 1 N–H and O–H groups in total. The Bertz CT molecular complexity index is 3150. The molecule has 1 fully saturated rings. The molecule has 0 amide bonds. The van der Waals surface area contributed by atoms with Crippen LogP contribution in [0, 0.1) is 0 Å². The molecule has 7 aromatic carbocycles. The average Bonchev–Trinajstić information content (AvgIpc) is 4.00. The predicted molar refractivity (Wildman–Crippen MR) is 233 cm³/mol. The lowest BCUT2D eigenvalue weighted by Gasteiger charge is -2.34. The smallest absolute Gasteiger partial charge is 0.165 e. The Labute approximate surface area is 328 Å². The summed E-state index contributed by atoms with van der Waals surface area (Å²) in [7, 11) is -1.50. The third-order valence-electron chi connectivity index (χ3n) is 11.7. The van der Waals surface area contributed by atoms with Crippen LogP contribution in [0.1, 0.15) is 6.42 Å². The van der Waals surface area contributed by atoms with Crippen LogP contribution in [0.3, 0.4) is 0 Å². The molecular weight excluding hydrogens is 725 g/mol. The first-order valence-corrected chi connectivity index (χ1v) is 21.9. The van der Waals surface area contributed by atoms with Gasteiger partial charge in [-0.25, -0.2) is 15.0 Å². The maximum Gasteiger partial charge on any atom is 0.165 e. The summed E-state index contributed by atoms with van der Waals surface area (Å²) in [5.41, 5.74) is 8.98. The van der Waals surface area contributed by atoms with Gasteiger partial charge in [-0.1, -0.05) is 127 Å². The zero-order valence-corrected chi connectivity index (χ0v) is 31.9. The molecule has 2 aliphatic rings. The molecule has 2 aliphatic heterocycles. The zero-order valence-electron chi connectivity index (χ0n) is 30.3. The topological polar surface area (TPSA) is 63.8 Å². The maximum atomic E-state index is 11.3. The normalized spacial score (nSPS) is 18.6. The van der Waals surface area contributed by atoms with Gasteiger partial charge in [-0.05, 0) is 53.6 Å². The molecule has 0 radical (unpaired) electrons. The summed E-state index contributed by atoms with van der Waals surface area (Å²) in [6, 6.07) is 56.3. The Balaban J connectivity index is 1.21. The van der Waals surface area contributed by atoms with Gasteiger partial charge in [0, 0.05) is 68.9 Å². The monoisotopic (exact) mass is 758 g/mol. The van der Waals surface area contributed by atoms with Gasteiger partial charge in [0.25, 0.3) is 0 Å². The van der Waals surface area contributed by atoms with Crippen LogP contribution < -0.4 is 0 Å². The molecular formula is C49H34N4OS2. The third kappa shape index (κ3) is 4.62. The summed E-state index contributed by atoms with van der Waals surface area (Å²) in [6.07, 6.45) is 0.516. The fourth-order valence-corrected chi connectivity index (χ4v) is 15.3. The molecule has 2 unspecified atom stereocenters. The van der Waals surface area contributed by atoms with Gasteiger partial charge >= 0.3 is 0 Å². The van der Waals surface area contributed by atoms with Gasteiger partial charge < -0.3 is 9.67 Å². The standard InChI is InChI=1S/C49H34N4OS2/c54-33-25-26-56(29-33)43-22-12-9-19-36(43)38-24-23-37-34-17-7-10-20-41(34)53(44(37)46(38)56)32-27-39-35-18-8-11-21-42(35)55-45(39)40(28-32)49-51-47(30-13-3-1-4-14-30)50-48(52-49)31-15-5-2-6-16-31/h1-24,27-28,33,54H,25-26,29H2. The average molecular weight is 759 g/mol. The second-order valence-electron chi connectivity index (χ2n) is 14.9. The van der Waals surface area contributed by atoms with Gasteiger partial charge in [-0.3, -0.25) is 0 Å². The largest absolute Gasteiger partial charge is 0.392 e. The highest BCUT2D eigenvalue weighted by molar-refractivity contribution is 8.34. The fraction of sp³-hybridized carbons (Fsp3) is 0.0816. The summed E-state index contributed by atoms with van der Waals surface area (Å²) in [5.74, 6) is 3.73. The number of aliphatic hydroxyl groups excluding tert-OH is 1. The van der Waals surface area contributed by atoms with E-state index in [0.29, 0.717) is 17.5 Å². The molecule has 56 heavy (non-hydrogen) atoms. The van der Waals surface area contributed by atoms with E-state index < -0.39 is 10.0 Å². The molecule has 1 spiro atoms. The number of fused-ring (bicyclic) bond motifs is 12. The van der Waals surface area contributed by atoms with Crippen molar-refractivity contribution in [2.45, 2.75) is 22.3 Å². The van der Waals surface area contributed by atoms with Crippen molar-refractivity contribution < 1.29 is 5.11 Å². The van der Waals surface area contributed by atoms with Crippen molar-refractivity contribution in [1.82, 2.24) is 19.5 Å². The highest BCUT2D eigenvalue weighted by Gasteiger charge is 2.46. The molecule has 268 valence electrons. The minimum atomic E-state index is -1.50. The molecule has 3 aromatic heterocycles. The van der Waals surface area contributed by atoms with E-state index in [4.69, 9.17) is 15.0 Å². The van der Waals surface area contributed by atoms with Gasteiger partial charge in [0.05, 0.1) is 17.1 Å². The summed E-state index contributed by atoms with van der Waals surface area (Å²) >= 11 is 1.79.